The van der Waals surface area contributed by atoms with E-state index in [4.69, 9.17) is 11.6 Å². The third kappa shape index (κ3) is 6.32. The van der Waals surface area contributed by atoms with Gasteiger partial charge in [-0.05, 0) is 74.2 Å². The molecule has 2 aromatic carbocycles. The quantitative estimate of drug-likeness (QED) is 0.432. The summed E-state index contributed by atoms with van der Waals surface area (Å²) < 4.78 is 0. The highest BCUT2D eigenvalue weighted by molar-refractivity contribution is 7.12. The Hall–Kier alpha value is -3.36. The van der Waals surface area contributed by atoms with Gasteiger partial charge in [0.15, 0.2) is 0 Å². The van der Waals surface area contributed by atoms with Gasteiger partial charge in [0.2, 0.25) is 0 Å². The Balaban J connectivity index is 1.57. The minimum atomic E-state index is -0.199. The van der Waals surface area contributed by atoms with E-state index in [9.17, 15) is 14.4 Å². The number of carbonyl (C=O) groups excluding carboxylic acids is 3. The zero-order valence-corrected chi connectivity index (χ0v) is 22.6. The number of hydrogen-bond acceptors (Lipinski definition) is 5. The maximum absolute atomic E-state index is 13.5. The number of amides is 3. The average molecular weight is 539 g/mol. The Bertz CT molecular complexity index is 1240. The number of rotatable bonds is 7. The van der Waals surface area contributed by atoms with Gasteiger partial charge in [-0.1, -0.05) is 17.7 Å². The van der Waals surface area contributed by atoms with E-state index >= 15 is 0 Å². The number of halogens is 1. The van der Waals surface area contributed by atoms with Gasteiger partial charge in [0.25, 0.3) is 17.7 Å². The fraction of sp³-hybridized carbons (Fsp3) is 0.321. The van der Waals surface area contributed by atoms with Crippen LogP contribution in [0.5, 0.6) is 0 Å². The highest BCUT2D eigenvalue weighted by atomic mass is 35.5. The van der Waals surface area contributed by atoms with Crippen molar-refractivity contribution in [2.75, 3.05) is 49.5 Å². The van der Waals surface area contributed by atoms with Crippen LogP contribution in [0.4, 0.5) is 11.4 Å². The van der Waals surface area contributed by atoms with Crippen LogP contribution in [-0.4, -0.2) is 66.8 Å². The zero-order chi connectivity index (χ0) is 26.4. The summed E-state index contributed by atoms with van der Waals surface area (Å²) >= 11 is 7.35. The van der Waals surface area contributed by atoms with Crippen molar-refractivity contribution < 1.29 is 14.4 Å². The van der Waals surface area contributed by atoms with Crippen molar-refractivity contribution in [2.24, 2.45) is 0 Å². The smallest absolute Gasteiger partial charge is 0.265 e. The van der Waals surface area contributed by atoms with Crippen LogP contribution in [0.1, 0.15) is 50.7 Å². The summed E-state index contributed by atoms with van der Waals surface area (Å²) in [4.78, 5) is 45.6. The molecule has 37 heavy (non-hydrogen) atoms. The summed E-state index contributed by atoms with van der Waals surface area (Å²) in [5.41, 5.74) is 2.55. The van der Waals surface area contributed by atoms with E-state index in [0.29, 0.717) is 66.0 Å². The van der Waals surface area contributed by atoms with Crippen LogP contribution in [0.2, 0.25) is 5.02 Å². The maximum atomic E-state index is 13.5. The van der Waals surface area contributed by atoms with Crippen LogP contribution in [0.15, 0.2) is 60.0 Å². The maximum Gasteiger partial charge on any atom is 0.265 e. The largest absolute Gasteiger partial charge is 0.369 e. The number of thiophene rings is 1. The lowest BCUT2D eigenvalue weighted by atomic mass is 10.1. The number of nitrogens with zero attached hydrogens (tertiary/aromatic N) is 3. The normalized spacial score (nSPS) is 13.7. The third-order valence-electron chi connectivity index (χ3n) is 6.50. The van der Waals surface area contributed by atoms with Crippen molar-refractivity contribution >= 4 is 52.0 Å². The second-order valence-electron chi connectivity index (χ2n) is 8.78. The molecule has 0 atom stereocenters. The highest BCUT2D eigenvalue weighted by Crippen LogP contribution is 2.28. The Labute approximate surface area is 226 Å². The Kier molecular flexibility index (Phi) is 8.84. The van der Waals surface area contributed by atoms with Crippen LogP contribution in [-0.2, 0) is 0 Å². The van der Waals surface area contributed by atoms with Gasteiger partial charge in [-0.25, -0.2) is 0 Å². The monoisotopic (exact) mass is 538 g/mol. The highest BCUT2D eigenvalue weighted by Gasteiger charge is 2.25. The van der Waals surface area contributed by atoms with Gasteiger partial charge in [-0.2, -0.15) is 0 Å². The first kappa shape index (κ1) is 26.7. The summed E-state index contributed by atoms with van der Waals surface area (Å²) in [5.74, 6) is -0.301. The molecule has 3 aromatic rings. The van der Waals surface area contributed by atoms with Crippen molar-refractivity contribution in [2.45, 2.75) is 20.3 Å². The molecule has 4 rings (SSSR count). The molecule has 3 amide bonds. The Morgan fingerprint density at radius 3 is 2.41 bits per heavy atom. The number of hydrogen-bond donors (Lipinski definition) is 1. The molecule has 2 heterocycles. The van der Waals surface area contributed by atoms with E-state index in [1.165, 1.54) is 11.3 Å². The first-order valence-electron chi connectivity index (χ1n) is 12.5. The van der Waals surface area contributed by atoms with Crippen molar-refractivity contribution in [3.63, 3.8) is 0 Å². The molecule has 1 aromatic heterocycles. The van der Waals surface area contributed by atoms with Gasteiger partial charge in [0.1, 0.15) is 0 Å². The molecule has 194 valence electrons. The van der Waals surface area contributed by atoms with Crippen LogP contribution in [0.3, 0.4) is 0 Å². The topological polar surface area (TPSA) is 73.0 Å². The molecule has 1 N–H and O–H groups in total. The molecule has 7 nitrogen and oxygen atoms in total. The first-order chi connectivity index (χ1) is 17.9. The average Bonchev–Trinajstić information content (AvgIpc) is 3.35. The molecular formula is C28H31ClN4O3S. The molecule has 0 unspecified atom stereocenters. The van der Waals surface area contributed by atoms with Gasteiger partial charge in [0.05, 0.1) is 10.4 Å². The second kappa shape index (κ2) is 12.3. The standard InChI is InChI=1S/C28H31ClN4O3S/c1-3-31(4-2)28(36)23-19-22(30-26(34)25-7-5-18-37-25)12-13-24(23)32-14-6-15-33(17-16-32)27(35)20-8-10-21(29)11-9-20/h5,7-13,18-19H,3-4,6,14-17H2,1-2H3,(H,30,34). The van der Waals surface area contributed by atoms with Gasteiger partial charge >= 0.3 is 0 Å². The number of carbonyl (C=O) groups is 3. The van der Waals surface area contributed by atoms with E-state index in [1.54, 1.807) is 41.3 Å². The van der Waals surface area contributed by atoms with Crippen molar-refractivity contribution in [3.05, 3.63) is 81.0 Å². The summed E-state index contributed by atoms with van der Waals surface area (Å²) in [6.45, 7) is 7.56. The molecule has 0 bridgehead atoms. The number of anilines is 2. The summed E-state index contributed by atoms with van der Waals surface area (Å²) in [5, 5.41) is 5.37. The SMILES string of the molecule is CCN(CC)C(=O)c1cc(NC(=O)c2cccs2)ccc1N1CCCN(C(=O)c2ccc(Cl)cc2)CC1. The second-order valence-corrected chi connectivity index (χ2v) is 10.2. The number of nitrogens with one attached hydrogen (secondary N) is 1. The van der Waals surface area contributed by atoms with Gasteiger partial charge in [0, 0.05) is 61.2 Å². The summed E-state index contributed by atoms with van der Waals surface area (Å²) in [6.07, 6.45) is 0.773. The number of benzene rings is 2. The summed E-state index contributed by atoms with van der Waals surface area (Å²) in [6, 6.07) is 16.0. The third-order valence-corrected chi connectivity index (χ3v) is 7.62. The molecule has 1 aliphatic heterocycles. The minimum Gasteiger partial charge on any atom is -0.369 e. The summed E-state index contributed by atoms with van der Waals surface area (Å²) in [7, 11) is 0. The van der Waals surface area contributed by atoms with E-state index in [1.807, 2.05) is 42.3 Å². The van der Waals surface area contributed by atoms with Gasteiger partial charge in [-0.15, -0.1) is 11.3 Å². The van der Waals surface area contributed by atoms with Crippen LogP contribution in [0.25, 0.3) is 0 Å². The van der Waals surface area contributed by atoms with Crippen molar-refractivity contribution in [1.82, 2.24) is 9.80 Å². The lowest BCUT2D eigenvalue weighted by Crippen LogP contribution is -2.36. The molecular weight excluding hydrogens is 508 g/mol. The van der Waals surface area contributed by atoms with E-state index < -0.39 is 0 Å². The van der Waals surface area contributed by atoms with Gasteiger partial charge < -0.3 is 20.0 Å². The lowest BCUT2D eigenvalue weighted by molar-refractivity contribution is 0.0760. The minimum absolute atomic E-state index is 0.0235. The van der Waals surface area contributed by atoms with Crippen LogP contribution >= 0.6 is 22.9 Å². The Morgan fingerprint density at radius 2 is 1.73 bits per heavy atom. The van der Waals surface area contributed by atoms with Crippen LogP contribution < -0.4 is 10.2 Å². The van der Waals surface area contributed by atoms with E-state index in [-0.39, 0.29) is 17.7 Å². The molecule has 0 aliphatic carbocycles. The lowest BCUT2D eigenvalue weighted by Gasteiger charge is -2.28. The molecule has 1 aliphatic rings. The molecule has 0 radical (unpaired) electrons. The van der Waals surface area contributed by atoms with E-state index in [2.05, 4.69) is 10.2 Å². The predicted molar refractivity (Wildman–Crippen MR) is 150 cm³/mol. The van der Waals surface area contributed by atoms with Gasteiger partial charge in [-0.3, -0.25) is 14.4 Å². The van der Waals surface area contributed by atoms with Crippen molar-refractivity contribution in [3.8, 4) is 0 Å². The molecule has 1 fully saturated rings. The van der Waals surface area contributed by atoms with Crippen LogP contribution in [0, 0.1) is 0 Å². The Morgan fingerprint density at radius 1 is 0.973 bits per heavy atom. The molecule has 0 saturated carbocycles. The molecule has 0 spiro atoms. The fourth-order valence-electron chi connectivity index (χ4n) is 4.48. The first-order valence-corrected chi connectivity index (χ1v) is 13.7. The zero-order valence-electron chi connectivity index (χ0n) is 21.1. The fourth-order valence-corrected chi connectivity index (χ4v) is 5.22. The predicted octanol–water partition coefficient (Wildman–Crippen LogP) is 5.49. The molecule has 1 saturated heterocycles. The molecule has 9 heteroatoms. The van der Waals surface area contributed by atoms with Crippen molar-refractivity contribution in [1.29, 1.82) is 0 Å². The van der Waals surface area contributed by atoms with E-state index in [0.717, 1.165) is 12.1 Å².